The minimum Gasteiger partial charge on any atom is -0.495 e. The van der Waals surface area contributed by atoms with Crippen LogP contribution in [0.15, 0.2) is 67.3 Å². The number of benzene rings is 1. The van der Waals surface area contributed by atoms with Gasteiger partial charge in [-0.15, -0.1) is 0 Å². The fourth-order valence-corrected chi connectivity index (χ4v) is 4.91. The van der Waals surface area contributed by atoms with Crippen molar-refractivity contribution in [3.8, 4) is 39.4 Å². The Morgan fingerprint density at radius 1 is 0.949 bits per heavy atom. The highest BCUT2D eigenvalue weighted by molar-refractivity contribution is 7.88. The van der Waals surface area contributed by atoms with Crippen LogP contribution in [0.3, 0.4) is 0 Å². The third-order valence-corrected chi connectivity index (χ3v) is 6.96. The highest BCUT2D eigenvalue weighted by Crippen LogP contribution is 2.34. The van der Waals surface area contributed by atoms with E-state index in [0.717, 1.165) is 33.7 Å². The van der Waals surface area contributed by atoms with E-state index in [1.165, 1.54) is 12.1 Å². The van der Waals surface area contributed by atoms with E-state index in [9.17, 15) is 12.8 Å². The average molecular weight is 544 g/mol. The van der Waals surface area contributed by atoms with Crippen LogP contribution in [0.5, 0.6) is 5.75 Å². The van der Waals surface area contributed by atoms with Crippen molar-refractivity contribution >= 4 is 32.1 Å². The molecule has 0 fully saturated rings. The van der Waals surface area contributed by atoms with E-state index in [1.807, 2.05) is 18.2 Å². The molecule has 0 aliphatic heterocycles. The van der Waals surface area contributed by atoms with Gasteiger partial charge in [-0.1, -0.05) is 0 Å². The lowest BCUT2D eigenvalue weighted by Crippen LogP contribution is -2.21. The second-order valence-corrected chi connectivity index (χ2v) is 10.9. The number of rotatable bonds is 7. The van der Waals surface area contributed by atoms with Crippen LogP contribution in [-0.4, -0.2) is 51.9 Å². The smallest absolute Gasteiger partial charge is 0.209 e. The van der Waals surface area contributed by atoms with Crippen molar-refractivity contribution in [1.82, 2.24) is 34.9 Å². The van der Waals surface area contributed by atoms with E-state index in [-0.39, 0.29) is 6.54 Å². The van der Waals surface area contributed by atoms with Gasteiger partial charge in [0.15, 0.2) is 5.65 Å². The molecule has 3 N–H and O–H groups in total. The van der Waals surface area contributed by atoms with Crippen LogP contribution in [0.25, 0.3) is 55.7 Å². The third kappa shape index (κ3) is 4.94. The van der Waals surface area contributed by atoms with Crippen molar-refractivity contribution < 1.29 is 17.5 Å². The first kappa shape index (κ1) is 24.6. The number of H-pyrrole nitrogens is 2. The van der Waals surface area contributed by atoms with Crippen LogP contribution in [0, 0.1) is 5.82 Å². The number of hydrogen-bond donors (Lipinski definition) is 3. The van der Waals surface area contributed by atoms with Crippen molar-refractivity contribution in [2.24, 2.45) is 0 Å². The zero-order valence-electron chi connectivity index (χ0n) is 20.9. The zero-order valence-corrected chi connectivity index (χ0v) is 21.7. The van der Waals surface area contributed by atoms with Crippen LogP contribution in [0.2, 0.25) is 0 Å². The summed E-state index contributed by atoms with van der Waals surface area (Å²) in [5.74, 6) is 0.171. The molecular formula is C27H22FN7O3S. The highest BCUT2D eigenvalue weighted by atomic mass is 32.2. The van der Waals surface area contributed by atoms with Gasteiger partial charge in [-0.25, -0.2) is 27.5 Å². The summed E-state index contributed by atoms with van der Waals surface area (Å²) in [4.78, 5) is 16.5. The monoisotopic (exact) mass is 543 g/mol. The number of aromatic nitrogens is 6. The van der Waals surface area contributed by atoms with Gasteiger partial charge in [-0.3, -0.25) is 10.1 Å². The summed E-state index contributed by atoms with van der Waals surface area (Å²) in [6.07, 6.45) is 7.81. The molecule has 0 radical (unpaired) electrons. The Labute approximate surface area is 222 Å². The summed E-state index contributed by atoms with van der Waals surface area (Å²) in [6.45, 7) is -0.0202. The van der Waals surface area contributed by atoms with Gasteiger partial charge < -0.3 is 9.72 Å². The van der Waals surface area contributed by atoms with Gasteiger partial charge in [0, 0.05) is 47.0 Å². The molecule has 0 bridgehead atoms. The van der Waals surface area contributed by atoms with E-state index >= 15 is 0 Å². The SMILES string of the molecule is COc1cncc(-c2cnc3[nH]nc(-c4cc5c(-c6cc(F)cc(CNS(C)(=O)=O)c6)ccnc5[nH]4)c3c2)c1. The Balaban J connectivity index is 1.42. The fraction of sp³-hybridized carbons (Fsp3) is 0.111. The number of nitrogens with zero attached hydrogens (tertiary/aromatic N) is 4. The Morgan fingerprint density at radius 2 is 1.79 bits per heavy atom. The van der Waals surface area contributed by atoms with Gasteiger partial charge >= 0.3 is 0 Å². The van der Waals surface area contributed by atoms with Gasteiger partial charge in [-0.05, 0) is 59.2 Å². The lowest BCUT2D eigenvalue weighted by atomic mass is 10.0. The predicted octanol–water partition coefficient (Wildman–Crippen LogP) is 4.43. The summed E-state index contributed by atoms with van der Waals surface area (Å²) >= 11 is 0. The summed E-state index contributed by atoms with van der Waals surface area (Å²) in [6, 6.07) is 12.0. The molecule has 1 aromatic carbocycles. The molecule has 12 heteroatoms. The van der Waals surface area contributed by atoms with E-state index in [0.29, 0.717) is 39.6 Å². The molecule has 0 saturated heterocycles. The molecule has 0 aliphatic carbocycles. The van der Waals surface area contributed by atoms with Crippen LogP contribution in [-0.2, 0) is 16.6 Å². The number of fused-ring (bicyclic) bond motifs is 2. The fourth-order valence-electron chi connectivity index (χ4n) is 4.48. The van der Waals surface area contributed by atoms with Crippen LogP contribution >= 0.6 is 0 Å². The minimum absolute atomic E-state index is 0.0202. The maximum atomic E-state index is 14.5. The van der Waals surface area contributed by atoms with Gasteiger partial charge in [-0.2, -0.15) is 5.10 Å². The normalized spacial score (nSPS) is 11.9. The van der Waals surface area contributed by atoms with Crippen molar-refractivity contribution in [1.29, 1.82) is 0 Å². The topological polar surface area (TPSA) is 139 Å². The molecule has 0 atom stereocenters. The number of aromatic amines is 2. The van der Waals surface area contributed by atoms with Crippen LogP contribution < -0.4 is 9.46 Å². The van der Waals surface area contributed by atoms with Crippen molar-refractivity contribution in [3.05, 3.63) is 78.6 Å². The lowest BCUT2D eigenvalue weighted by Gasteiger charge is -2.08. The standard InChI is InChI=1S/C27H22FN7O3S/c1-38-20-8-17(12-29-14-20)18-9-23-25(34-35-27(23)31-13-18)24-10-22-21(3-4-30-26(22)33-24)16-5-15(6-19(28)7-16)11-32-39(2,36)37/h3-10,12-14,32H,11H2,1-2H3,(H,30,33)(H,31,34,35). The zero-order chi connectivity index (χ0) is 27.1. The molecule has 5 heterocycles. The number of sulfonamides is 1. The molecule has 39 heavy (non-hydrogen) atoms. The van der Waals surface area contributed by atoms with Gasteiger partial charge in [0.1, 0.15) is 22.9 Å². The molecule has 6 aromatic rings. The maximum absolute atomic E-state index is 14.5. The molecule has 6 rings (SSSR count). The van der Waals surface area contributed by atoms with Gasteiger partial charge in [0.25, 0.3) is 0 Å². The second kappa shape index (κ2) is 9.57. The van der Waals surface area contributed by atoms with Crippen molar-refractivity contribution in [2.75, 3.05) is 13.4 Å². The van der Waals surface area contributed by atoms with Crippen molar-refractivity contribution in [2.45, 2.75) is 6.54 Å². The largest absolute Gasteiger partial charge is 0.495 e. The van der Waals surface area contributed by atoms with E-state index in [4.69, 9.17) is 4.74 Å². The summed E-state index contributed by atoms with van der Waals surface area (Å²) in [5.41, 5.74) is 6.10. The number of pyridine rings is 3. The Kier molecular flexibility index (Phi) is 6.04. The van der Waals surface area contributed by atoms with Gasteiger partial charge in [0.05, 0.1) is 25.3 Å². The van der Waals surface area contributed by atoms with E-state index < -0.39 is 15.8 Å². The number of ether oxygens (including phenoxy) is 1. The molecule has 0 aliphatic rings. The average Bonchev–Trinajstić information content (AvgIpc) is 3.55. The summed E-state index contributed by atoms with van der Waals surface area (Å²) in [5, 5.41) is 9.02. The number of halogens is 1. The van der Waals surface area contributed by atoms with E-state index in [1.54, 1.807) is 44.0 Å². The summed E-state index contributed by atoms with van der Waals surface area (Å²) in [7, 11) is -1.83. The molecular weight excluding hydrogens is 521 g/mol. The molecule has 0 unspecified atom stereocenters. The van der Waals surface area contributed by atoms with Gasteiger partial charge in [0.2, 0.25) is 10.0 Å². The highest BCUT2D eigenvalue weighted by Gasteiger charge is 2.16. The first-order valence-electron chi connectivity index (χ1n) is 11.8. The number of hydrogen-bond acceptors (Lipinski definition) is 7. The first-order valence-corrected chi connectivity index (χ1v) is 13.7. The molecule has 10 nitrogen and oxygen atoms in total. The third-order valence-electron chi connectivity index (χ3n) is 6.29. The Hall–Kier alpha value is -4.68. The van der Waals surface area contributed by atoms with Crippen LogP contribution in [0.4, 0.5) is 4.39 Å². The molecule has 0 amide bonds. The molecule has 5 aromatic heterocycles. The molecule has 0 spiro atoms. The van der Waals surface area contributed by atoms with Crippen molar-refractivity contribution in [3.63, 3.8) is 0 Å². The lowest BCUT2D eigenvalue weighted by molar-refractivity contribution is 0.413. The number of nitrogens with one attached hydrogen (secondary N) is 3. The van der Waals surface area contributed by atoms with Crippen LogP contribution in [0.1, 0.15) is 5.56 Å². The Morgan fingerprint density at radius 3 is 2.62 bits per heavy atom. The molecule has 0 saturated carbocycles. The first-order chi connectivity index (χ1) is 18.8. The number of methoxy groups -OCH3 is 1. The molecule has 196 valence electrons. The van der Waals surface area contributed by atoms with E-state index in [2.05, 4.69) is 34.9 Å². The maximum Gasteiger partial charge on any atom is 0.209 e. The quantitative estimate of drug-likeness (QED) is 0.271. The Bertz CT molecular complexity index is 1970. The minimum atomic E-state index is -3.42. The summed E-state index contributed by atoms with van der Waals surface area (Å²) < 4.78 is 45.3. The second-order valence-electron chi connectivity index (χ2n) is 9.05. The predicted molar refractivity (Wildman–Crippen MR) is 146 cm³/mol.